The maximum Gasteiger partial charge on any atom is 0.410 e. The minimum Gasteiger partial charge on any atom is -0.444 e. The van der Waals surface area contributed by atoms with Gasteiger partial charge in [-0.3, -0.25) is 0 Å². The lowest BCUT2D eigenvalue weighted by Crippen LogP contribution is -2.39. The number of carbonyl (C=O) groups excluding carboxylic acids is 1. The summed E-state index contributed by atoms with van der Waals surface area (Å²) in [5.41, 5.74) is 0.402. The highest BCUT2D eigenvalue weighted by molar-refractivity contribution is 5.68. The first kappa shape index (κ1) is 25.9. The molecule has 1 saturated carbocycles. The van der Waals surface area contributed by atoms with Gasteiger partial charge in [0, 0.05) is 25.6 Å². The van der Waals surface area contributed by atoms with Crippen molar-refractivity contribution in [2.75, 3.05) is 26.2 Å². The molecule has 1 aromatic carbocycles. The van der Waals surface area contributed by atoms with Crippen LogP contribution in [-0.2, 0) is 20.6 Å². The van der Waals surface area contributed by atoms with Gasteiger partial charge in [0.25, 0.3) is 0 Å². The maximum atomic E-state index is 13.2. The molecular weight excluding hydrogens is 427 g/mol. The van der Waals surface area contributed by atoms with Crippen LogP contribution in [0.3, 0.4) is 0 Å². The third kappa shape index (κ3) is 7.64. The molecule has 0 radical (unpaired) electrons. The number of nitrogens with zero attached hydrogens (tertiary/aromatic N) is 1. The van der Waals surface area contributed by atoms with Gasteiger partial charge in [-0.15, -0.1) is 0 Å². The van der Waals surface area contributed by atoms with Crippen LogP contribution < -0.4 is 5.32 Å². The molecule has 1 amide bonds. The minimum atomic E-state index is -0.659. The Balaban J connectivity index is 1.45. The number of halogens is 1. The van der Waals surface area contributed by atoms with Gasteiger partial charge < -0.3 is 29.5 Å². The number of hydrogen-bond donors (Lipinski definition) is 2. The van der Waals surface area contributed by atoms with Crippen molar-refractivity contribution < 1.29 is 28.5 Å². The van der Waals surface area contributed by atoms with Gasteiger partial charge in [-0.25, -0.2) is 9.18 Å². The van der Waals surface area contributed by atoms with Crippen molar-refractivity contribution >= 4 is 6.09 Å². The zero-order valence-electron chi connectivity index (χ0n) is 20.5. The summed E-state index contributed by atoms with van der Waals surface area (Å²) in [6.45, 7) is 11.8. The lowest BCUT2D eigenvalue weighted by molar-refractivity contribution is -0.166. The quantitative estimate of drug-likeness (QED) is 0.543. The van der Waals surface area contributed by atoms with Gasteiger partial charge in [-0.2, -0.15) is 0 Å². The van der Waals surface area contributed by atoms with Crippen LogP contribution in [0, 0.1) is 11.7 Å². The molecule has 2 N–H and O–H groups in total. The molecule has 1 aliphatic carbocycles. The first-order valence-corrected chi connectivity index (χ1v) is 11.9. The van der Waals surface area contributed by atoms with Gasteiger partial charge in [-0.05, 0) is 78.1 Å². The van der Waals surface area contributed by atoms with E-state index in [2.05, 4.69) is 5.32 Å². The first-order valence-electron chi connectivity index (χ1n) is 11.9. The molecular formula is C25H39FN2O5. The van der Waals surface area contributed by atoms with Crippen molar-refractivity contribution in [1.29, 1.82) is 0 Å². The molecule has 186 valence electrons. The van der Waals surface area contributed by atoms with Crippen LogP contribution in [-0.4, -0.2) is 72.0 Å². The summed E-state index contributed by atoms with van der Waals surface area (Å²) < 4.78 is 30.6. The number of aliphatic hydroxyl groups excluding tert-OH is 1. The summed E-state index contributed by atoms with van der Waals surface area (Å²) in [6.07, 6.45) is 0.832. The number of benzene rings is 1. The molecule has 1 saturated heterocycles. The Labute approximate surface area is 196 Å². The first-order chi connectivity index (χ1) is 15.4. The van der Waals surface area contributed by atoms with E-state index in [1.165, 1.54) is 12.1 Å². The van der Waals surface area contributed by atoms with Crippen molar-refractivity contribution in [1.82, 2.24) is 10.2 Å². The predicted octanol–water partition coefficient (Wildman–Crippen LogP) is 3.49. The van der Waals surface area contributed by atoms with E-state index >= 15 is 0 Å². The molecule has 1 heterocycles. The van der Waals surface area contributed by atoms with E-state index in [4.69, 9.17) is 14.2 Å². The molecule has 7 nitrogen and oxygen atoms in total. The van der Waals surface area contributed by atoms with Crippen molar-refractivity contribution in [3.05, 3.63) is 35.6 Å². The second-order valence-electron chi connectivity index (χ2n) is 10.5. The standard InChI is InChI=1S/C25H39FN2O5/c1-24(2,3)33-23(30)28(14-11-17-7-9-19(26)10-8-17)13-6-12-27-16-18-15-20(29)22-21(18)31-25(4,5)32-22/h7-10,18,20-22,27,29H,6,11-16H2,1-5H3/t18-,20+,21?,22?/m1/s1. The smallest absolute Gasteiger partial charge is 0.410 e. The van der Waals surface area contributed by atoms with Gasteiger partial charge >= 0.3 is 6.09 Å². The lowest BCUT2D eigenvalue weighted by atomic mass is 10.1. The van der Waals surface area contributed by atoms with Gasteiger partial charge in [0.15, 0.2) is 5.79 Å². The maximum absolute atomic E-state index is 13.2. The monoisotopic (exact) mass is 466 g/mol. The van der Waals surface area contributed by atoms with Gasteiger partial charge in [0.2, 0.25) is 0 Å². The van der Waals surface area contributed by atoms with E-state index in [0.717, 1.165) is 25.1 Å². The summed E-state index contributed by atoms with van der Waals surface area (Å²) in [7, 11) is 0. The number of amides is 1. The Hall–Kier alpha value is -1.74. The fraction of sp³-hybridized carbons (Fsp3) is 0.720. The van der Waals surface area contributed by atoms with Crippen LogP contribution in [0.2, 0.25) is 0 Å². The van der Waals surface area contributed by atoms with Crippen molar-refractivity contribution in [3.8, 4) is 0 Å². The van der Waals surface area contributed by atoms with E-state index < -0.39 is 17.5 Å². The van der Waals surface area contributed by atoms with Crippen LogP contribution in [0.4, 0.5) is 9.18 Å². The molecule has 1 aromatic rings. The number of nitrogens with one attached hydrogen (secondary N) is 1. The number of aliphatic hydroxyl groups is 1. The van der Waals surface area contributed by atoms with E-state index in [-0.39, 0.29) is 30.0 Å². The largest absolute Gasteiger partial charge is 0.444 e. The molecule has 4 atom stereocenters. The van der Waals surface area contributed by atoms with Crippen LogP contribution in [0.5, 0.6) is 0 Å². The molecule has 3 rings (SSSR count). The molecule has 0 aromatic heterocycles. The summed E-state index contributed by atoms with van der Waals surface area (Å²) in [5.74, 6) is -0.742. The van der Waals surface area contributed by atoms with Crippen LogP contribution in [0.25, 0.3) is 0 Å². The highest BCUT2D eigenvalue weighted by atomic mass is 19.1. The number of rotatable bonds is 9. The summed E-state index contributed by atoms with van der Waals surface area (Å²) in [6, 6.07) is 6.34. The predicted molar refractivity (Wildman–Crippen MR) is 123 cm³/mol. The van der Waals surface area contributed by atoms with Crippen molar-refractivity contribution in [2.24, 2.45) is 5.92 Å². The molecule has 8 heteroatoms. The van der Waals surface area contributed by atoms with Crippen LogP contribution in [0.1, 0.15) is 53.0 Å². The van der Waals surface area contributed by atoms with Crippen molar-refractivity contribution in [2.45, 2.75) is 83.6 Å². The highest BCUT2D eigenvalue weighted by Crippen LogP contribution is 2.41. The van der Waals surface area contributed by atoms with E-state index in [9.17, 15) is 14.3 Å². The number of hydrogen-bond acceptors (Lipinski definition) is 6. The van der Waals surface area contributed by atoms with Gasteiger partial charge in [0.05, 0.1) is 12.2 Å². The van der Waals surface area contributed by atoms with E-state index in [0.29, 0.717) is 25.9 Å². The Kier molecular flexibility index (Phi) is 8.37. The summed E-state index contributed by atoms with van der Waals surface area (Å²) >= 11 is 0. The number of ether oxygens (including phenoxy) is 3. The van der Waals surface area contributed by atoms with E-state index in [1.54, 1.807) is 17.0 Å². The second kappa shape index (κ2) is 10.7. The number of fused-ring (bicyclic) bond motifs is 1. The Morgan fingerprint density at radius 2 is 1.88 bits per heavy atom. The summed E-state index contributed by atoms with van der Waals surface area (Å²) in [5, 5.41) is 13.7. The molecule has 1 aliphatic heterocycles. The zero-order valence-corrected chi connectivity index (χ0v) is 20.5. The lowest BCUT2D eigenvalue weighted by Gasteiger charge is -2.27. The fourth-order valence-corrected chi connectivity index (χ4v) is 4.48. The fourth-order valence-electron chi connectivity index (χ4n) is 4.48. The SMILES string of the molecule is CC(C)(C)OC(=O)N(CCCNC[C@H]1C[C@H](O)C2OC(C)(C)OC21)CCc1ccc(F)cc1. The molecule has 2 fully saturated rings. The molecule has 2 unspecified atom stereocenters. The Morgan fingerprint density at radius 1 is 1.21 bits per heavy atom. The third-order valence-corrected chi connectivity index (χ3v) is 5.98. The van der Waals surface area contributed by atoms with E-state index in [1.807, 2.05) is 34.6 Å². The average Bonchev–Trinajstić information content (AvgIpc) is 3.17. The highest BCUT2D eigenvalue weighted by Gasteiger charge is 2.53. The second-order valence-corrected chi connectivity index (χ2v) is 10.5. The molecule has 0 bridgehead atoms. The normalized spacial score (nSPS) is 26.3. The van der Waals surface area contributed by atoms with Gasteiger partial charge in [0.1, 0.15) is 17.5 Å². The molecule has 0 spiro atoms. The topological polar surface area (TPSA) is 80.3 Å². The Morgan fingerprint density at radius 3 is 2.55 bits per heavy atom. The molecule has 33 heavy (non-hydrogen) atoms. The minimum absolute atomic E-state index is 0.100. The number of carbonyl (C=O) groups is 1. The summed E-state index contributed by atoms with van der Waals surface area (Å²) in [4.78, 5) is 14.4. The van der Waals surface area contributed by atoms with Crippen LogP contribution >= 0.6 is 0 Å². The van der Waals surface area contributed by atoms with Gasteiger partial charge in [-0.1, -0.05) is 12.1 Å². The zero-order chi connectivity index (χ0) is 24.2. The van der Waals surface area contributed by atoms with Crippen molar-refractivity contribution in [3.63, 3.8) is 0 Å². The Bertz CT molecular complexity index is 780. The third-order valence-electron chi connectivity index (χ3n) is 5.98. The average molecular weight is 467 g/mol. The molecule has 2 aliphatic rings. The van der Waals surface area contributed by atoms with Crippen LogP contribution in [0.15, 0.2) is 24.3 Å².